The molecule has 20 heavy (non-hydrogen) atoms. The largest absolute Gasteiger partial charge is 0.516 e. The van der Waals surface area contributed by atoms with Gasteiger partial charge < -0.3 is 10.0 Å². The number of aliphatic hydroxyl groups is 1. The van der Waals surface area contributed by atoms with Crippen molar-refractivity contribution in [3.63, 3.8) is 0 Å². The van der Waals surface area contributed by atoms with Gasteiger partial charge in [0, 0.05) is 18.3 Å². The number of carbonyl (C=O) groups is 1. The molecule has 1 aliphatic rings. The highest BCUT2D eigenvalue weighted by atomic mass is 16.2. The van der Waals surface area contributed by atoms with Gasteiger partial charge in [-0.3, -0.25) is 9.78 Å². The van der Waals surface area contributed by atoms with Crippen LogP contribution in [-0.2, 0) is 4.79 Å². The summed E-state index contributed by atoms with van der Waals surface area (Å²) in [6.45, 7) is 4.49. The summed E-state index contributed by atoms with van der Waals surface area (Å²) >= 11 is 0. The molecule has 4 nitrogen and oxygen atoms in total. The maximum absolute atomic E-state index is 12.6. The Morgan fingerprint density at radius 3 is 2.85 bits per heavy atom. The Hall–Kier alpha value is -2.36. The van der Waals surface area contributed by atoms with Crippen LogP contribution in [0.5, 0.6) is 0 Å². The van der Waals surface area contributed by atoms with Crippen LogP contribution in [0.25, 0.3) is 0 Å². The second kappa shape index (κ2) is 6.19. The van der Waals surface area contributed by atoms with E-state index >= 15 is 0 Å². The quantitative estimate of drug-likeness (QED) is 0.859. The highest BCUT2D eigenvalue weighted by Gasteiger charge is 2.26. The molecule has 0 saturated carbocycles. The van der Waals surface area contributed by atoms with E-state index in [9.17, 15) is 4.79 Å². The zero-order valence-electron chi connectivity index (χ0n) is 11.7. The van der Waals surface area contributed by atoms with Gasteiger partial charge in [0.25, 0.3) is 5.91 Å². The van der Waals surface area contributed by atoms with E-state index < -0.39 is 0 Å². The van der Waals surface area contributed by atoms with Crippen LogP contribution in [0.1, 0.15) is 18.9 Å². The summed E-state index contributed by atoms with van der Waals surface area (Å²) in [5.74, 6) is -0.106. The minimum atomic E-state index is -0.106. The molecular weight excluding hydrogens is 252 g/mol. The lowest BCUT2D eigenvalue weighted by molar-refractivity contribution is -0.115. The van der Waals surface area contributed by atoms with Crippen molar-refractivity contribution >= 4 is 11.6 Å². The van der Waals surface area contributed by atoms with Crippen LogP contribution >= 0.6 is 0 Å². The van der Waals surface area contributed by atoms with E-state index in [1.807, 2.05) is 32.1 Å². The van der Waals surface area contributed by atoms with E-state index in [4.69, 9.17) is 5.11 Å². The Labute approximate surface area is 118 Å². The topological polar surface area (TPSA) is 53.4 Å². The molecule has 0 fully saturated rings. The lowest BCUT2D eigenvalue weighted by Crippen LogP contribution is -2.37. The Bertz CT molecular complexity index is 600. The van der Waals surface area contributed by atoms with Crippen molar-refractivity contribution in [3.05, 3.63) is 59.7 Å². The molecule has 1 aromatic rings. The van der Waals surface area contributed by atoms with Crippen molar-refractivity contribution in [3.8, 4) is 0 Å². The highest BCUT2D eigenvalue weighted by molar-refractivity contribution is 6.09. The second-order valence-electron chi connectivity index (χ2n) is 4.62. The van der Waals surface area contributed by atoms with Crippen molar-refractivity contribution in [1.82, 2.24) is 4.98 Å². The summed E-state index contributed by atoms with van der Waals surface area (Å²) in [7, 11) is 0. The molecule has 104 valence electrons. The number of amides is 1. The molecule has 0 aliphatic carbocycles. The zero-order valence-corrected chi connectivity index (χ0v) is 11.7. The third kappa shape index (κ3) is 2.64. The predicted molar refractivity (Wildman–Crippen MR) is 79.6 cm³/mol. The van der Waals surface area contributed by atoms with E-state index in [2.05, 4.69) is 4.98 Å². The van der Waals surface area contributed by atoms with Gasteiger partial charge in [0.15, 0.2) is 0 Å². The summed E-state index contributed by atoms with van der Waals surface area (Å²) < 4.78 is 0. The molecular formula is C16H18N2O2. The number of anilines is 1. The van der Waals surface area contributed by atoms with Gasteiger partial charge >= 0.3 is 0 Å². The minimum Gasteiger partial charge on any atom is -0.516 e. The first-order chi connectivity index (χ1) is 9.69. The first-order valence-corrected chi connectivity index (χ1v) is 6.58. The van der Waals surface area contributed by atoms with Crippen LogP contribution in [0, 0.1) is 6.92 Å². The summed E-state index contributed by atoms with van der Waals surface area (Å²) in [5.41, 5.74) is 3.30. The lowest BCUT2D eigenvalue weighted by atomic mass is 9.97. The molecule has 1 aromatic heterocycles. The molecule has 0 bridgehead atoms. The van der Waals surface area contributed by atoms with Crippen molar-refractivity contribution in [2.45, 2.75) is 20.3 Å². The molecule has 1 N–H and O–H groups in total. The molecule has 1 aliphatic heterocycles. The number of pyridine rings is 1. The molecule has 0 saturated heterocycles. The fraction of sp³-hybridized carbons (Fsp3) is 0.250. The Morgan fingerprint density at radius 2 is 2.20 bits per heavy atom. The molecule has 0 atom stereocenters. The summed E-state index contributed by atoms with van der Waals surface area (Å²) in [5, 5.41) is 9.01. The van der Waals surface area contributed by atoms with E-state index in [-0.39, 0.29) is 5.91 Å². The standard InChI is InChI=1S/C16H18N2O2/c1-3-4-13-6-9-18(16(20)14(13)7-10-19)15-11-17-8-5-12(15)2/h3-5,7-8,10-11,19H,6,9H2,1-2H3/b4-3-,10-7+. The van der Waals surface area contributed by atoms with Gasteiger partial charge in [0.2, 0.25) is 0 Å². The number of aliphatic hydroxyl groups excluding tert-OH is 1. The Balaban J connectivity index is 2.43. The second-order valence-corrected chi connectivity index (χ2v) is 4.62. The van der Waals surface area contributed by atoms with Crippen LogP contribution in [0.4, 0.5) is 5.69 Å². The van der Waals surface area contributed by atoms with Crippen LogP contribution in [-0.4, -0.2) is 22.5 Å². The number of hydrogen-bond donors (Lipinski definition) is 1. The van der Waals surface area contributed by atoms with Crippen LogP contribution in [0.3, 0.4) is 0 Å². The van der Waals surface area contributed by atoms with E-state index in [1.54, 1.807) is 17.3 Å². The van der Waals surface area contributed by atoms with Gasteiger partial charge in [0.05, 0.1) is 18.1 Å². The number of aromatic nitrogens is 1. The monoisotopic (exact) mass is 270 g/mol. The van der Waals surface area contributed by atoms with Gasteiger partial charge in [-0.1, -0.05) is 12.2 Å². The van der Waals surface area contributed by atoms with Crippen molar-refractivity contribution in [2.24, 2.45) is 0 Å². The number of allylic oxidation sites excluding steroid dienone is 2. The fourth-order valence-corrected chi connectivity index (χ4v) is 2.35. The third-order valence-electron chi connectivity index (χ3n) is 3.34. The number of aryl methyl sites for hydroxylation is 1. The average Bonchev–Trinajstić information content (AvgIpc) is 2.44. The third-order valence-corrected chi connectivity index (χ3v) is 3.34. The van der Waals surface area contributed by atoms with Crippen molar-refractivity contribution < 1.29 is 9.90 Å². The van der Waals surface area contributed by atoms with Crippen molar-refractivity contribution in [2.75, 3.05) is 11.4 Å². The predicted octanol–water partition coefficient (Wildman–Crippen LogP) is 3.07. The number of carbonyl (C=O) groups excluding carboxylic acids is 1. The fourth-order valence-electron chi connectivity index (χ4n) is 2.35. The highest BCUT2D eigenvalue weighted by Crippen LogP contribution is 2.27. The lowest BCUT2D eigenvalue weighted by Gasteiger charge is -2.29. The zero-order chi connectivity index (χ0) is 14.5. The Kier molecular flexibility index (Phi) is 4.35. The number of hydrogen-bond acceptors (Lipinski definition) is 3. The van der Waals surface area contributed by atoms with Gasteiger partial charge in [-0.05, 0) is 43.5 Å². The van der Waals surface area contributed by atoms with E-state index in [0.29, 0.717) is 12.1 Å². The first kappa shape index (κ1) is 14.1. The molecule has 2 rings (SSSR count). The molecule has 4 heteroatoms. The molecule has 0 unspecified atom stereocenters. The molecule has 2 heterocycles. The first-order valence-electron chi connectivity index (χ1n) is 6.58. The summed E-state index contributed by atoms with van der Waals surface area (Å²) in [6, 6.07) is 1.88. The molecule has 1 amide bonds. The average molecular weight is 270 g/mol. The van der Waals surface area contributed by atoms with Gasteiger partial charge in [0.1, 0.15) is 0 Å². The minimum absolute atomic E-state index is 0.106. The number of rotatable bonds is 3. The van der Waals surface area contributed by atoms with Gasteiger partial charge in [-0.2, -0.15) is 0 Å². The molecule has 0 aromatic carbocycles. The molecule has 0 radical (unpaired) electrons. The molecule has 0 spiro atoms. The van der Waals surface area contributed by atoms with E-state index in [1.165, 1.54) is 6.08 Å². The van der Waals surface area contributed by atoms with Gasteiger partial charge in [-0.15, -0.1) is 0 Å². The Morgan fingerprint density at radius 1 is 1.40 bits per heavy atom. The smallest absolute Gasteiger partial charge is 0.258 e. The van der Waals surface area contributed by atoms with Crippen molar-refractivity contribution in [1.29, 1.82) is 0 Å². The SMILES string of the molecule is C/C=C\C1=C(/C=C/O)C(=O)N(c2cnccc2C)CC1. The van der Waals surface area contributed by atoms with Gasteiger partial charge in [-0.25, -0.2) is 0 Å². The van der Waals surface area contributed by atoms with Crippen LogP contribution < -0.4 is 4.90 Å². The van der Waals surface area contributed by atoms with Crippen LogP contribution in [0.15, 0.2) is 54.1 Å². The summed E-state index contributed by atoms with van der Waals surface area (Å²) in [6.07, 6.45) is 10.4. The number of nitrogens with zero attached hydrogens (tertiary/aromatic N) is 2. The maximum Gasteiger partial charge on any atom is 0.258 e. The van der Waals surface area contributed by atoms with Crippen LogP contribution in [0.2, 0.25) is 0 Å². The normalized spacial score (nSPS) is 16.7. The van der Waals surface area contributed by atoms with E-state index in [0.717, 1.165) is 29.5 Å². The maximum atomic E-state index is 12.6. The summed E-state index contributed by atoms with van der Waals surface area (Å²) in [4.78, 5) is 18.4.